The first-order valence-electron chi connectivity index (χ1n) is 4.64. The first-order valence-corrected chi connectivity index (χ1v) is 5.40. The van der Waals surface area contributed by atoms with Crippen LogP contribution in [0.5, 0.6) is 0 Å². The highest BCUT2D eigenvalue weighted by molar-refractivity contribution is 6.36. The molecule has 0 aliphatic carbocycles. The minimum absolute atomic E-state index is 0.228. The molecule has 1 aromatic carbocycles. The number of nitrogens with zero attached hydrogens (tertiary/aromatic N) is 1. The van der Waals surface area contributed by atoms with Crippen molar-refractivity contribution in [2.75, 3.05) is 0 Å². The molecule has 0 saturated heterocycles. The fraction of sp³-hybridized carbons (Fsp3) is 0.0909. The van der Waals surface area contributed by atoms with Gasteiger partial charge in [-0.1, -0.05) is 29.3 Å². The molecule has 0 fully saturated rings. The van der Waals surface area contributed by atoms with Gasteiger partial charge in [0.1, 0.15) is 0 Å². The lowest BCUT2D eigenvalue weighted by atomic mass is 10.1. The molecule has 5 heteroatoms. The SMILES string of the molecule is O=c1ccc(Cc2c(Cl)cccc2Cl)n[nH]1. The Morgan fingerprint density at radius 3 is 2.38 bits per heavy atom. The Balaban J connectivity index is 2.34. The second-order valence-electron chi connectivity index (χ2n) is 3.29. The largest absolute Gasteiger partial charge is 0.268 e. The van der Waals surface area contributed by atoms with Gasteiger partial charge in [0.15, 0.2) is 0 Å². The van der Waals surface area contributed by atoms with Crippen LogP contribution in [-0.2, 0) is 6.42 Å². The molecule has 0 unspecified atom stereocenters. The van der Waals surface area contributed by atoms with E-state index in [4.69, 9.17) is 23.2 Å². The summed E-state index contributed by atoms with van der Waals surface area (Å²) in [6, 6.07) is 8.41. The van der Waals surface area contributed by atoms with Crippen LogP contribution in [0, 0.1) is 0 Å². The van der Waals surface area contributed by atoms with E-state index in [1.807, 2.05) is 0 Å². The van der Waals surface area contributed by atoms with Crippen molar-refractivity contribution in [2.45, 2.75) is 6.42 Å². The molecule has 2 aromatic rings. The summed E-state index contributed by atoms with van der Waals surface area (Å²) in [5.41, 5.74) is 1.30. The number of benzene rings is 1. The number of halogens is 2. The van der Waals surface area contributed by atoms with Crippen molar-refractivity contribution in [1.82, 2.24) is 10.2 Å². The van der Waals surface area contributed by atoms with Crippen LogP contribution in [0.1, 0.15) is 11.3 Å². The van der Waals surface area contributed by atoms with Gasteiger partial charge < -0.3 is 0 Å². The predicted octanol–water partition coefficient (Wildman–Crippen LogP) is 2.67. The van der Waals surface area contributed by atoms with Gasteiger partial charge in [-0.15, -0.1) is 0 Å². The molecule has 0 spiro atoms. The number of H-pyrrole nitrogens is 1. The highest BCUT2D eigenvalue weighted by Crippen LogP contribution is 2.25. The van der Waals surface area contributed by atoms with E-state index in [0.29, 0.717) is 16.5 Å². The number of nitrogens with one attached hydrogen (secondary N) is 1. The van der Waals surface area contributed by atoms with Gasteiger partial charge in [0.25, 0.3) is 5.56 Å². The Kier molecular flexibility index (Phi) is 3.27. The summed E-state index contributed by atoms with van der Waals surface area (Å²) in [5, 5.41) is 7.46. The summed E-state index contributed by atoms with van der Waals surface area (Å²) in [6.07, 6.45) is 0.495. The quantitative estimate of drug-likeness (QED) is 0.896. The standard InChI is InChI=1S/C11H8Cl2N2O/c12-9-2-1-3-10(13)8(9)6-7-4-5-11(16)15-14-7/h1-5H,6H2,(H,15,16). The Morgan fingerprint density at radius 1 is 1.12 bits per heavy atom. The van der Waals surface area contributed by atoms with E-state index in [0.717, 1.165) is 11.3 Å². The van der Waals surface area contributed by atoms with Gasteiger partial charge in [-0.05, 0) is 23.8 Å². The van der Waals surface area contributed by atoms with E-state index < -0.39 is 0 Å². The second-order valence-corrected chi connectivity index (χ2v) is 4.10. The molecule has 2 rings (SSSR count). The minimum atomic E-state index is -0.228. The summed E-state index contributed by atoms with van der Waals surface area (Å²) in [4.78, 5) is 10.8. The molecule has 16 heavy (non-hydrogen) atoms. The van der Waals surface area contributed by atoms with Gasteiger partial charge in [-0.25, -0.2) is 5.10 Å². The van der Waals surface area contributed by atoms with Crippen molar-refractivity contribution < 1.29 is 0 Å². The van der Waals surface area contributed by atoms with E-state index in [-0.39, 0.29) is 5.56 Å². The number of aromatic nitrogens is 2. The van der Waals surface area contributed by atoms with Crippen LogP contribution in [0.25, 0.3) is 0 Å². The average molecular weight is 255 g/mol. The minimum Gasteiger partial charge on any atom is -0.268 e. The van der Waals surface area contributed by atoms with E-state index >= 15 is 0 Å². The molecule has 1 heterocycles. The molecule has 1 N–H and O–H groups in total. The Bertz CT molecular complexity index is 525. The van der Waals surface area contributed by atoms with Gasteiger partial charge in [0.05, 0.1) is 5.69 Å². The van der Waals surface area contributed by atoms with Crippen molar-refractivity contribution >= 4 is 23.2 Å². The summed E-state index contributed by atoms with van der Waals surface area (Å²) in [6.45, 7) is 0. The van der Waals surface area contributed by atoms with Gasteiger partial charge in [0.2, 0.25) is 0 Å². The molecule has 82 valence electrons. The topological polar surface area (TPSA) is 45.8 Å². The Labute approximate surface area is 102 Å². The maximum atomic E-state index is 10.8. The molecule has 1 aromatic heterocycles. The Morgan fingerprint density at radius 2 is 1.81 bits per heavy atom. The monoisotopic (exact) mass is 254 g/mol. The second kappa shape index (κ2) is 4.68. The van der Waals surface area contributed by atoms with Crippen molar-refractivity contribution in [1.29, 1.82) is 0 Å². The van der Waals surface area contributed by atoms with E-state index in [1.165, 1.54) is 6.07 Å². The van der Waals surface area contributed by atoms with E-state index in [1.54, 1.807) is 24.3 Å². The molecule has 0 atom stereocenters. The maximum Gasteiger partial charge on any atom is 0.264 e. The van der Waals surface area contributed by atoms with Crippen LogP contribution >= 0.6 is 23.2 Å². The predicted molar refractivity (Wildman–Crippen MR) is 64.1 cm³/mol. The van der Waals surface area contributed by atoms with Crippen molar-refractivity contribution in [2.24, 2.45) is 0 Å². The maximum absolute atomic E-state index is 10.8. The van der Waals surface area contributed by atoms with Crippen molar-refractivity contribution in [3.8, 4) is 0 Å². The zero-order chi connectivity index (χ0) is 11.5. The fourth-order valence-corrected chi connectivity index (χ4v) is 1.89. The van der Waals surface area contributed by atoms with Gasteiger partial charge in [-0.3, -0.25) is 4.79 Å². The van der Waals surface area contributed by atoms with Gasteiger partial charge in [0, 0.05) is 22.5 Å². The zero-order valence-electron chi connectivity index (χ0n) is 8.21. The molecule has 0 bridgehead atoms. The highest BCUT2D eigenvalue weighted by Gasteiger charge is 2.07. The van der Waals surface area contributed by atoms with Crippen LogP contribution in [0.3, 0.4) is 0 Å². The molecule has 3 nitrogen and oxygen atoms in total. The molecule has 0 aliphatic rings. The van der Waals surface area contributed by atoms with E-state index in [2.05, 4.69) is 10.2 Å². The number of hydrogen-bond donors (Lipinski definition) is 1. The zero-order valence-corrected chi connectivity index (χ0v) is 9.72. The third-order valence-electron chi connectivity index (χ3n) is 2.16. The molecule has 0 amide bonds. The van der Waals surface area contributed by atoms with Crippen LogP contribution in [0.4, 0.5) is 0 Å². The fourth-order valence-electron chi connectivity index (χ4n) is 1.35. The summed E-state index contributed by atoms with van der Waals surface area (Å²) >= 11 is 12.1. The molecule has 0 radical (unpaired) electrons. The molecule has 0 saturated carbocycles. The average Bonchev–Trinajstić information content (AvgIpc) is 2.26. The molecule has 0 aliphatic heterocycles. The lowest BCUT2D eigenvalue weighted by Gasteiger charge is -2.05. The first kappa shape index (κ1) is 11.2. The number of hydrogen-bond acceptors (Lipinski definition) is 2. The normalized spacial score (nSPS) is 10.4. The number of aromatic amines is 1. The third-order valence-corrected chi connectivity index (χ3v) is 2.86. The van der Waals surface area contributed by atoms with E-state index in [9.17, 15) is 4.79 Å². The lowest BCUT2D eigenvalue weighted by Crippen LogP contribution is -2.08. The van der Waals surface area contributed by atoms with Gasteiger partial charge in [-0.2, -0.15) is 5.10 Å². The summed E-state index contributed by atoms with van der Waals surface area (Å²) < 4.78 is 0. The summed E-state index contributed by atoms with van der Waals surface area (Å²) in [5.74, 6) is 0. The van der Waals surface area contributed by atoms with Crippen molar-refractivity contribution in [3.63, 3.8) is 0 Å². The first-order chi connectivity index (χ1) is 7.66. The van der Waals surface area contributed by atoms with Gasteiger partial charge >= 0.3 is 0 Å². The van der Waals surface area contributed by atoms with Crippen LogP contribution in [0.15, 0.2) is 35.1 Å². The van der Waals surface area contributed by atoms with Crippen LogP contribution < -0.4 is 5.56 Å². The van der Waals surface area contributed by atoms with Crippen LogP contribution in [-0.4, -0.2) is 10.2 Å². The Hall–Kier alpha value is -1.32. The molecular weight excluding hydrogens is 247 g/mol. The smallest absolute Gasteiger partial charge is 0.264 e. The highest BCUT2D eigenvalue weighted by atomic mass is 35.5. The summed E-state index contributed by atoms with van der Waals surface area (Å²) in [7, 11) is 0. The third kappa shape index (κ3) is 2.43. The number of rotatable bonds is 2. The van der Waals surface area contributed by atoms with Crippen molar-refractivity contribution in [3.05, 3.63) is 62.0 Å². The van der Waals surface area contributed by atoms with Crippen LogP contribution in [0.2, 0.25) is 10.0 Å². The molecular formula is C11H8Cl2N2O. The lowest BCUT2D eigenvalue weighted by molar-refractivity contribution is 0.911.